The molecule has 3 rings (SSSR count). The van der Waals surface area contributed by atoms with Crippen LogP contribution in [0, 0.1) is 17.6 Å². The maximum atomic E-state index is 13.9. The first kappa shape index (κ1) is 19.2. The summed E-state index contributed by atoms with van der Waals surface area (Å²) in [6, 6.07) is 2.54. The summed E-state index contributed by atoms with van der Waals surface area (Å²) < 4.78 is 59.1. The van der Waals surface area contributed by atoms with E-state index < -0.39 is 27.6 Å². The van der Waals surface area contributed by atoms with Crippen LogP contribution in [0.25, 0.3) is 0 Å². The highest BCUT2D eigenvalue weighted by molar-refractivity contribution is 7.89. The fourth-order valence-electron chi connectivity index (χ4n) is 3.65. The number of benzene rings is 1. The summed E-state index contributed by atoms with van der Waals surface area (Å²) in [5, 5.41) is 0. The molecular weight excluding hydrogens is 366 g/mol. The van der Waals surface area contributed by atoms with Gasteiger partial charge in [0.15, 0.2) is 0 Å². The standard InChI is InChI=1S/C17H22F2N2O4S/c1-2-26(23,24)21-7-8-25-11-12-10-20(6-5-16(12)21)17(22)14-9-13(18)3-4-15(14)19/h3-4,9,12,16H,2,5-8,10-11H2,1H3. The van der Waals surface area contributed by atoms with Gasteiger partial charge in [-0.1, -0.05) is 0 Å². The largest absolute Gasteiger partial charge is 0.380 e. The van der Waals surface area contributed by atoms with E-state index in [9.17, 15) is 22.0 Å². The van der Waals surface area contributed by atoms with Crippen molar-refractivity contribution in [3.63, 3.8) is 0 Å². The zero-order valence-corrected chi connectivity index (χ0v) is 15.3. The molecule has 0 spiro atoms. The van der Waals surface area contributed by atoms with Gasteiger partial charge in [-0.25, -0.2) is 17.2 Å². The number of halogens is 2. The van der Waals surface area contributed by atoms with Gasteiger partial charge in [0.1, 0.15) is 11.6 Å². The Morgan fingerprint density at radius 2 is 2.08 bits per heavy atom. The summed E-state index contributed by atoms with van der Waals surface area (Å²) in [6.07, 6.45) is 0.440. The highest BCUT2D eigenvalue weighted by Crippen LogP contribution is 2.28. The number of amides is 1. The van der Waals surface area contributed by atoms with Crippen molar-refractivity contribution in [1.29, 1.82) is 0 Å². The number of hydrogen-bond donors (Lipinski definition) is 0. The van der Waals surface area contributed by atoms with Crippen molar-refractivity contribution >= 4 is 15.9 Å². The third-order valence-corrected chi connectivity index (χ3v) is 6.92. The molecule has 144 valence electrons. The molecule has 2 heterocycles. The summed E-state index contributed by atoms with van der Waals surface area (Å²) in [6.45, 7) is 3.06. The van der Waals surface area contributed by atoms with Crippen molar-refractivity contribution in [2.24, 2.45) is 5.92 Å². The van der Waals surface area contributed by atoms with E-state index in [1.807, 2.05) is 0 Å². The van der Waals surface area contributed by atoms with Crippen molar-refractivity contribution in [3.8, 4) is 0 Å². The Bertz CT molecular complexity index is 787. The number of nitrogens with zero attached hydrogens (tertiary/aromatic N) is 2. The molecule has 1 amide bonds. The molecule has 6 nitrogen and oxygen atoms in total. The van der Waals surface area contributed by atoms with Gasteiger partial charge in [0.05, 0.1) is 24.5 Å². The van der Waals surface area contributed by atoms with Gasteiger partial charge in [0, 0.05) is 31.6 Å². The minimum Gasteiger partial charge on any atom is -0.380 e. The number of fused-ring (bicyclic) bond motifs is 1. The highest BCUT2D eigenvalue weighted by Gasteiger charge is 2.41. The third kappa shape index (κ3) is 3.74. The van der Waals surface area contributed by atoms with Gasteiger partial charge in [-0.3, -0.25) is 4.79 Å². The number of sulfonamides is 1. The number of likely N-dealkylation sites (tertiary alicyclic amines) is 1. The normalized spacial score (nSPS) is 24.8. The molecule has 2 aliphatic heterocycles. The molecule has 26 heavy (non-hydrogen) atoms. The molecule has 0 aromatic heterocycles. The lowest BCUT2D eigenvalue weighted by molar-refractivity contribution is 0.0463. The topological polar surface area (TPSA) is 66.9 Å². The summed E-state index contributed by atoms with van der Waals surface area (Å²) in [5.41, 5.74) is -0.309. The van der Waals surface area contributed by atoms with E-state index >= 15 is 0 Å². The second kappa shape index (κ2) is 7.58. The number of hydrogen-bond acceptors (Lipinski definition) is 4. The maximum Gasteiger partial charge on any atom is 0.256 e. The van der Waals surface area contributed by atoms with Gasteiger partial charge in [-0.15, -0.1) is 0 Å². The quantitative estimate of drug-likeness (QED) is 0.787. The van der Waals surface area contributed by atoms with Crippen LogP contribution < -0.4 is 0 Å². The van der Waals surface area contributed by atoms with Crippen LogP contribution in [0.15, 0.2) is 18.2 Å². The van der Waals surface area contributed by atoms with Crippen LogP contribution in [0.1, 0.15) is 23.7 Å². The fourth-order valence-corrected chi connectivity index (χ4v) is 5.02. The molecule has 2 aliphatic rings. The first-order valence-corrected chi connectivity index (χ1v) is 10.3. The van der Waals surface area contributed by atoms with Crippen LogP contribution in [-0.2, 0) is 14.8 Å². The molecule has 2 fully saturated rings. The average Bonchev–Trinajstić information content (AvgIpc) is 2.85. The minimum absolute atomic E-state index is 0.00731. The molecule has 0 bridgehead atoms. The van der Waals surface area contributed by atoms with Gasteiger partial charge < -0.3 is 9.64 Å². The minimum atomic E-state index is -3.38. The van der Waals surface area contributed by atoms with Crippen molar-refractivity contribution < 1.29 is 26.7 Å². The number of carbonyl (C=O) groups excluding carboxylic acids is 1. The lowest BCUT2D eigenvalue weighted by Gasteiger charge is -2.41. The molecule has 0 radical (unpaired) electrons. The Labute approximate surface area is 151 Å². The highest BCUT2D eigenvalue weighted by atomic mass is 32.2. The van der Waals surface area contributed by atoms with Gasteiger partial charge in [0.25, 0.3) is 5.91 Å². The SMILES string of the molecule is CCS(=O)(=O)N1CCOCC2CN(C(=O)c3cc(F)ccc3F)CCC21. The lowest BCUT2D eigenvalue weighted by atomic mass is 9.92. The monoisotopic (exact) mass is 388 g/mol. The van der Waals surface area contributed by atoms with Gasteiger partial charge in [-0.2, -0.15) is 4.31 Å². The molecule has 2 saturated heterocycles. The summed E-state index contributed by atoms with van der Waals surface area (Å²) >= 11 is 0. The summed E-state index contributed by atoms with van der Waals surface area (Å²) in [5.74, 6) is -2.23. The van der Waals surface area contributed by atoms with Crippen molar-refractivity contribution in [2.45, 2.75) is 19.4 Å². The zero-order chi connectivity index (χ0) is 18.9. The first-order chi connectivity index (χ1) is 12.3. The zero-order valence-electron chi connectivity index (χ0n) is 14.5. The molecule has 1 aromatic carbocycles. The molecule has 0 aliphatic carbocycles. The fraction of sp³-hybridized carbons (Fsp3) is 0.588. The van der Waals surface area contributed by atoms with Crippen LogP contribution in [0.3, 0.4) is 0 Å². The molecule has 9 heteroatoms. The molecule has 2 atom stereocenters. The van der Waals surface area contributed by atoms with E-state index in [1.165, 1.54) is 9.21 Å². The van der Waals surface area contributed by atoms with Crippen LogP contribution in [0.4, 0.5) is 8.78 Å². The van der Waals surface area contributed by atoms with E-state index in [1.54, 1.807) is 6.92 Å². The van der Waals surface area contributed by atoms with E-state index in [2.05, 4.69) is 0 Å². The lowest BCUT2D eigenvalue weighted by Crippen LogP contribution is -2.54. The average molecular weight is 388 g/mol. The number of piperidine rings is 1. The Morgan fingerprint density at radius 1 is 1.31 bits per heavy atom. The molecular formula is C17H22F2N2O4S. The van der Waals surface area contributed by atoms with Crippen LogP contribution >= 0.6 is 0 Å². The summed E-state index contributed by atoms with van der Waals surface area (Å²) in [4.78, 5) is 14.1. The smallest absolute Gasteiger partial charge is 0.256 e. The van der Waals surface area contributed by atoms with E-state index in [0.717, 1.165) is 18.2 Å². The number of carbonyl (C=O) groups is 1. The molecule has 2 unspecified atom stereocenters. The number of rotatable bonds is 3. The van der Waals surface area contributed by atoms with Gasteiger partial charge >= 0.3 is 0 Å². The Morgan fingerprint density at radius 3 is 2.81 bits per heavy atom. The van der Waals surface area contributed by atoms with E-state index in [-0.39, 0.29) is 36.4 Å². The second-order valence-corrected chi connectivity index (χ2v) is 8.79. The maximum absolute atomic E-state index is 13.9. The number of ether oxygens (including phenoxy) is 1. The van der Waals surface area contributed by atoms with Crippen molar-refractivity contribution in [1.82, 2.24) is 9.21 Å². The molecule has 0 N–H and O–H groups in total. The van der Waals surface area contributed by atoms with Gasteiger partial charge in [-0.05, 0) is 31.5 Å². The molecule has 0 saturated carbocycles. The predicted octanol–water partition coefficient (Wildman–Crippen LogP) is 1.48. The Kier molecular flexibility index (Phi) is 5.59. The molecule has 1 aromatic rings. The predicted molar refractivity (Wildman–Crippen MR) is 91.1 cm³/mol. The van der Waals surface area contributed by atoms with E-state index in [0.29, 0.717) is 26.2 Å². The van der Waals surface area contributed by atoms with Crippen molar-refractivity contribution in [3.05, 3.63) is 35.4 Å². The second-order valence-electron chi connectivity index (χ2n) is 6.58. The van der Waals surface area contributed by atoms with E-state index in [4.69, 9.17) is 4.74 Å². The van der Waals surface area contributed by atoms with Crippen molar-refractivity contribution in [2.75, 3.05) is 38.6 Å². The van der Waals surface area contributed by atoms with Crippen LogP contribution in [0.5, 0.6) is 0 Å². The Hall–Kier alpha value is -1.58. The third-order valence-electron chi connectivity index (χ3n) is 5.02. The van der Waals surface area contributed by atoms with Crippen LogP contribution in [-0.4, -0.2) is 68.2 Å². The first-order valence-electron chi connectivity index (χ1n) is 8.65. The Balaban J connectivity index is 1.80. The summed E-state index contributed by atoms with van der Waals surface area (Å²) in [7, 11) is -3.38. The van der Waals surface area contributed by atoms with Gasteiger partial charge in [0.2, 0.25) is 10.0 Å². The van der Waals surface area contributed by atoms with Crippen LogP contribution in [0.2, 0.25) is 0 Å².